The van der Waals surface area contributed by atoms with E-state index in [0.717, 1.165) is 30.3 Å². The van der Waals surface area contributed by atoms with Gasteiger partial charge in [-0.3, -0.25) is 9.59 Å². The number of aromatic hydroxyl groups is 3. The van der Waals surface area contributed by atoms with E-state index in [4.69, 9.17) is 42.7 Å². The number of carboxylic acid groups (broad SMARTS) is 1. The molecule has 3 aromatic rings. The summed E-state index contributed by atoms with van der Waals surface area (Å²) in [6.45, 7) is -2.51. The first-order valence-electron chi connectivity index (χ1n) is 18.1. The molecule has 3 aliphatic rings. The third kappa shape index (κ3) is 9.26. The maximum Gasteiger partial charge on any atom is 0.402 e. The molecule has 0 saturated carbocycles. The molecule has 330 valence electrons. The van der Waals surface area contributed by atoms with Crippen LogP contribution in [0.2, 0.25) is 0 Å². The smallest absolute Gasteiger partial charge is 0.402 e. The molecule has 3 aliphatic heterocycles. The van der Waals surface area contributed by atoms with Gasteiger partial charge in [-0.1, -0.05) is 0 Å². The maximum atomic E-state index is 12.1. The molecule has 0 radical (unpaired) electrons. The number of aliphatic carboxylic acids is 1. The number of rotatable bonds is 13. The number of carbonyl (C=O) groups is 2. The number of hydrogen-bond acceptors (Lipinski definition) is 22. The highest BCUT2D eigenvalue weighted by molar-refractivity contribution is 5.90. The van der Waals surface area contributed by atoms with Gasteiger partial charge in [0.1, 0.15) is 103 Å². The first-order chi connectivity index (χ1) is 28.4. The normalized spacial score (nSPS) is 34.5. The summed E-state index contributed by atoms with van der Waals surface area (Å²) in [6, 6.07) is 6.64. The van der Waals surface area contributed by atoms with Crippen molar-refractivity contribution in [3.05, 3.63) is 36.4 Å². The molecule has 60 heavy (non-hydrogen) atoms. The van der Waals surface area contributed by atoms with E-state index in [1.807, 2.05) is 0 Å². The fourth-order valence-electron chi connectivity index (χ4n) is 6.63. The van der Waals surface area contributed by atoms with Crippen molar-refractivity contribution in [2.24, 2.45) is 0 Å². The fourth-order valence-corrected chi connectivity index (χ4v) is 6.63. The summed E-state index contributed by atoms with van der Waals surface area (Å²) >= 11 is 0. The summed E-state index contributed by atoms with van der Waals surface area (Å²) in [6.07, 6.45) is -28.4. The number of fused-ring (bicyclic) bond motifs is 1. The molecule has 14 N–H and O–H groups in total. The van der Waals surface area contributed by atoms with Crippen molar-refractivity contribution in [2.75, 3.05) is 19.8 Å². The van der Waals surface area contributed by atoms with E-state index in [-0.39, 0.29) is 28.0 Å². The Morgan fingerprint density at radius 1 is 0.633 bits per heavy atom. The Morgan fingerprint density at radius 3 is 1.83 bits per heavy atom. The number of phenolic OH excluding ortho intramolecular Hbond substituents is 3. The van der Waals surface area contributed by atoms with Gasteiger partial charge < -0.3 is 105 Å². The molecule has 3 saturated heterocycles. The van der Waals surface area contributed by atoms with Crippen molar-refractivity contribution in [1.29, 1.82) is 0 Å². The Bertz CT molecular complexity index is 1990. The van der Waals surface area contributed by atoms with Crippen LogP contribution >= 0.6 is 0 Å². The number of benzene rings is 2. The minimum absolute atomic E-state index is 0.0491. The summed E-state index contributed by atoms with van der Waals surface area (Å²) in [4.78, 5) is 23.2. The Kier molecular flexibility index (Phi) is 13.8. The molecule has 0 bridgehead atoms. The highest BCUT2D eigenvalue weighted by Gasteiger charge is 2.52. The van der Waals surface area contributed by atoms with Gasteiger partial charge in [0.15, 0.2) is 17.8 Å². The standard InChI is InChI=1S/C36H42O24/c37-8-19-24(45)27(48)29(50)34(57-19)55-16-2-1-11(3-15(16)41)32-18(6-13-14(40)4-12(39)5-17(13)54-32)56-36-31(52)33(26(47)21(59-36)10-53-23(44)7-22(42)43)60-35-30(51)28(49)25(46)20(9-38)58-35/h1-6,19-21,24-31,33-38,45-52H,7-10H2,(H3-,39,40,41,42,43)/p+1. The van der Waals surface area contributed by atoms with Crippen molar-refractivity contribution in [1.82, 2.24) is 0 Å². The largest absolute Gasteiger partial charge is 0.507 e. The molecular formula is C36H43O24+. The van der Waals surface area contributed by atoms with Crippen LogP contribution in [0, 0.1) is 0 Å². The molecule has 4 heterocycles. The van der Waals surface area contributed by atoms with E-state index < -0.39 is 153 Å². The van der Waals surface area contributed by atoms with E-state index in [9.17, 15) is 76.0 Å². The third-order valence-electron chi connectivity index (χ3n) is 9.86. The molecule has 24 nitrogen and oxygen atoms in total. The van der Waals surface area contributed by atoms with Crippen LogP contribution in [-0.2, 0) is 33.3 Å². The minimum atomic E-state index is -2.11. The zero-order valence-electron chi connectivity index (χ0n) is 30.8. The predicted octanol–water partition coefficient (Wildman–Crippen LogP) is -4.30. The minimum Gasteiger partial charge on any atom is -0.507 e. The predicted molar refractivity (Wildman–Crippen MR) is 189 cm³/mol. The maximum absolute atomic E-state index is 12.1. The van der Waals surface area contributed by atoms with E-state index in [1.54, 1.807) is 0 Å². The number of carbonyl (C=O) groups excluding carboxylic acids is 1. The molecular weight excluding hydrogens is 816 g/mol. The summed E-state index contributed by atoms with van der Waals surface area (Å²) in [7, 11) is 0. The second kappa shape index (κ2) is 18.5. The summed E-state index contributed by atoms with van der Waals surface area (Å²) in [5, 5.41) is 145. The second-order valence-electron chi connectivity index (χ2n) is 14.0. The van der Waals surface area contributed by atoms with Crippen LogP contribution in [0.25, 0.3) is 22.3 Å². The monoisotopic (exact) mass is 859 g/mol. The molecule has 15 atom stereocenters. The summed E-state index contributed by atoms with van der Waals surface area (Å²) < 4.78 is 44.6. The summed E-state index contributed by atoms with van der Waals surface area (Å²) in [5.41, 5.74) is -0.212. The lowest BCUT2D eigenvalue weighted by molar-refractivity contribution is -0.353. The van der Waals surface area contributed by atoms with Gasteiger partial charge >= 0.3 is 23.3 Å². The van der Waals surface area contributed by atoms with Crippen LogP contribution in [0.1, 0.15) is 6.42 Å². The van der Waals surface area contributed by atoms with Crippen molar-refractivity contribution in [3.63, 3.8) is 0 Å². The number of esters is 1. The third-order valence-corrected chi connectivity index (χ3v) is 9.86. The number of aliphatic hydroxyl groups is 10. The average Bonchev–Trinajstić information content (AvgIpc) is 3.20. The molecule has 1 aromatic heterocycles. The zero-order valence-corrected chi connectivity index (χ0v) is 30.8. The van der Waals surface area contributed by atoms with Crippen molar-refractivity contribution in [2.45, 2.75) is 98.5 Å². The van der Waals surface area contributed by atoms with Gasteiger partial charge in [0, 0.05) is 18.2 Å². The van der Waals surface area contributed by atoms with E-state index in [1.165, 1.54) is 6.07 Å². The molecule has 24 heteroatoms. The van der Waals surface area contributed by atoms with Crippen molar-refractivity contribution < 1.29 is 119 Å². The molecule has 6 rings (SSSR count). The van der Waals surface area contributed by atoms with E-state index in [2.05, 4.69) is 0 Å². The summed E-state index contributed by atoms with van der Waals surface area (Å²) in [5.74, 6) is -5.52. The van der Waals surface area contributed by atoms with E-state index >= 15 is 0 Å². The number of phenols is 3. The molecule has 0 aliphatic carbocycles. The fraction of sp³-hybridized carbons (Fsp3) is 0.528. The van der Waals surface area contributed by atoms with Gasteiger partial charge in [-0.15, -0.1) is 0 Å². The van der Waals surface area contributed by atoms with Crippen molar-refractivity contribution in [3.8, 4) is 40.1 Å². The van der Waals surface area contributed by atoms with Gasteiger partial charge in [0.2, 0.25) is 18.3 Å². The first kappa shape index (κ1) is 44.8. The van der Waals surface area contributed by atoms with Crippen LogP contribution in [0.3, 0.4) is 0 Å². The molecule has 0 spiro atoms. The topological polar surface area (TPSA) is 393 Å². The first-order valence-corrected chi connectivity index (χ1v) is 18.1. The highest BCUT2D eigenvalue weighted by Crippen LogP contribution is 2.43. The Balaban J connectivity index is 1.35. The average molecular weight is 860 g/mol. The zero-order chi connectivity index (χ0) is 43.7. The lowest BCUT2D eigenvalue weighted by Crippen LogP contribution is -2.65. The lowest BCUT2D eigenvalue weighted by Gasteiger charge is -2.45. The van der Waals surface area contributed by atoms with Gasteiger partial charge in [0.25, 0.3) is 0 Å². The lowest BCUT2D eigenvalue weighted by atomic mass is 9.97. The van der Waals surface area contributed by atoms with Crippen LogP contribution in [0.15, 0.2) is 40.8 Å². The molecule has 2 aromatic carbocycles. The van der Waals surface area contributed by atoms with Gasteiger partial charge in [0.05, 0.1) is 24.8 Å². The highest BCUT2D eigenvalue weighted by atomic mass is 16.7. The second-order valence-corrected chi connectivity index (χ2v) is 14.0. The van der Waals surface area contributed by atoms with Gasteiger partial charge in [-0.05, 0) is 12.1 Å². The van der Waals surface area contributed by atoms with Crippen LogP contribution in [-0.4, -0.2) is 195 Å². The van der Waals surface area contributed by atoms with Gasteiger partial charge in [-0.25, -0.2) is 4.42 Å². The molecule has 0 amide bonds. The Morgan fingerprint density at radius 2 is 1.22 bits per heavy atom. The van der Waals surface area contributed by atoms with Gasteiger partial charge in [-0.2, -0.15) is 0 Å². The Labute approximate surface area is 336 Å². The number of carboxylic acids is 1. The van der Waals surface area contributed by atoms with Crippen molar-refractivity contribution >= 4 is 22.9 Å². The SMILES string of the molecule is O=C(O)CC(=O)OCC1OC(Oc2cc3c(O)cc(O)cc3[o+]c2-c2ccc(OC3OC(CO)C(O)C(O)C3O)c(O)c2)C(O)C(OC2OC(CO)C(O)C(O)C2O)C1O. The van der Waals surface area contributed by atoms with Crippen LogP contribution in [0.5, 0.6) is 28.7 Å². The number of ether oxygens (including phenoxy) is 7. The Hall–Kier alpha value is -4.77. The number of aliphatic hydroxyl groups excluding tert-OH is 10. The van der Waals surface area contributed by atoms with Crippen LogP contribution in [0.4, 0.5) is 0 Å². The van der Waals surface area contributed by atoms with Crippen LogP contribution < -0.4 is 9.47 Å². The number of hydrogen-bond donors (Lipinski definition) is 14. The van der Waals surface area contributed by atoms with E-state index in [0.29, 0.717) is 0 Å². The quantitative estimate of drug-likeness (QED) is 0.0439. The molecule has 3 fully saturated rings. The molecule has 15 unspecified atom stereocenters.